The Labute approximate surface area is 143 Å². The van der Waals surface area contributed by atoms with Crippen LogP contribution in [0.5, 0.6) is 5.75 Å². The molecule has 23 heavy (non-hydrogen) atoms. The molecular formula is C17H24ClN3O2. The van der Waals surface area contributed by atoms with E-state index in [1.165, 1.54) is 11.3 Å². The van der Waals surface area contributed by atoms with Crippen LogP contribution >= 0.6 is 12.4 Å². The lowest BCUT2D eigenvalue weighted by Gasteiger charge is -2.30. The van der Waals surface area contributed by atoms with Gasteiger partial charge in [0.05, 0.1) is 12.1 Å². The van der Waals surface area contributed by atoms with Crippen molar-refractivity contribution in [3.05, 3.63) is 23.8 Å². The molecule has 5 nitrogen and oxygen atoms in total. The fourth-order valence-corrected chi connectivity index (χ4v) is 4.23. The molecule has 2 N–H and O–H groups in total. The molecule has 2 aliphatic carbocycles. The lowest BCUT2D eigenvalue weighted by atomic mass is 9.97. The smallest absolute Gasteiger partial charge is 0.317 e. The normalized spacial score (nSPS) is 27.9. The van der Waals surface area contributed by atoms with Crippen molar-refractivity contribution in [2.45, 2.75) is 49.7 Å². The minimum absolute atomic E-state index is 0. The highest BCUT2D eigenvalue weighted by molar-refractivity contribution is 5.85. The van der Waals surface area contributed by atoms with Crippen molar-refractivity contribution >= 4 is 24.1 Å². The molecule has 1 heterocycles. The molecule has 2 fully saturated rings. The molecule has 3 aliphatic rings. The highest BCUT2D eigenvalue weighted by atomic mass is 35.5. The van der Waals surface area contributed by atoms with Gasteiger partial charge >= 0.3 is 6.03 Å². The van der Waals surface area contributed by atoms with Crippen molar-refractivity contribution in [3.63, 3.8) is 0 Å². The van der Waals surface area contributed by atoms with Crippen LogP contribution in [0, 0.1) is 0 Å². The summed E-state index contributed by atoms with van der Waals surface area (Å²) in [5.41, 5.74) is 2.40. The van der Waals surface area contributed by atoms with Crippen molar-refractivity contribution < 1.29 is 9.90 Å². The number of hydrogen-bond donors (Lipinski definition) is 2. The zero-order valence-corrected chi connectivity index (χ0v) is 14.3. The van der Waals surface area contributed by atoms with Gasteiger partial charge in [0.15, 0.2) is 0 Å². The lowest BCUT2D eigenvalue weighted by Crippen LogP contribution is -2.51. The molecule has 4 rings (SSSR count). The first-order valence-corrected chi connectivity index (χ1v) is 8.15. The summed E-state index contributed by atoms with van der Waals surface area (Å²) in [6.45, 7) is 0. The van der Waals surface area contributed by atoms with E-state index in [2.05, 4.69) is 17.3 Å². The monoisotopic (exact) mass is 337 g/mol. The van der Waals surface area contributed by atoms with Crippen molar-refractivity contribution in [2.75, 3.05) is 19.0 Å². The maximum Gasteiger partial charge on any atom is 0.317 e. The van der Waals surface area contributed by atoms with Gasteiger partial charge in [-0.15, -0.1) is 12.4 Å². The third kappa shape index (κ3) is 2.61. The number of nitrogens with one attached hydrogen (secondary N) is 1. The van der Waals surface area contributed by atoms with Crippen molar-refractivity contribution in [1.29, 1.82) is 0 Å². The number of aromatic hydroxyl groups is 1. The average Bonchev–Trinajstić information content (AvgIpc) is 3.21. The van der Waals surface area contributed by atoms with E-state index >= 15 is 0 Å². The van der Waals surface area contributed by atoms with Gasteiger partial charge in [-0.3, -0.25) is 0 Å². The van der Waals surface area contributed by atoms with Crippen molar-refractivity contribution in [2.24, 2.45) is 0 Å². The highest BCUT2D eigenvalue weighted by Crippen LogP contribution is 2.49. The molecule has 6 heteroatoms. The van der Waals surface area contributed by atoms with Crippen LogP contribution < -0.4 is 10.2 Å². The van der Waals surface area contributed by atoms with E-state index in [1.807, 2.05) is 24.1 Å². The molecule has 3 atom stereocenters. The van der Waals surface area contributed by atoms with E-state index in [1.54, 1.807) is 6.07 Å². The largest absolute Gasteiger partial charge is 0.508 e. The van der Waals surface area contributed by atoms with E-state index in [4.69, 9.17) is 0 Å². The predicted octanol–water partition coefficient (Wildman–Crippen LogP) is 2.68. The van der Waals surface area contributed by atoms with Gasteiger partial charge in [0.25, 0.3) is 0 Å². The fraction of sp³-hybridized carbons (Fsp3) is 0.588. The number of fused-ring (bicyclic) bond motifs is 3. The number of amides is 2. The first-order valence-electron chi connectivity index (χ1n) is 8.15. The van der Waals surface area contributed by atoms with Crippen molar-refractivity contribution in [3.8, 4) is 5.75 Å². The van der Waals surface area contributed by atoms with Gasteiger partial charge in [0.2, 0.25) is 0 Å². The van der Waals surface area contributed by atoms with Gasteiger partial charge in [0.1, 0.15) is 5.75 Å². The number of phenols is 1. The maximum atomic E-state index is 12.4. The van der Waals surface area contributed by atoms with Crippen molar-refractivity contribution in [1.82, 2.24) is 10.2 Å². The standard InChI is InChI=1S/C17H23N3O2.ClH/c1-19(10-3-4-10)17(22)18-14-7-6-12-13-9-11(21)5-8-15(13)20(2)16(12)14;/h5,8-10,12,14,16,21H,3-4,6-7H2,1-2H3,(H,18,22);1H. The van der Waals surface area contributed by atoms with E-state index in [9.17, 15) is 9.90 Å². The molecule has 0 aromatic heterocycles. The number of carbonyl (C=O) groups is 1. The Morgan fingerprint density at radius 1 is 1.30 bits per heavy atom. The van der Waals surface area contributed by atoms with Crippen LogP contribution in [0.25, 0.3) is 0 Å². The van der Waals surface area contributed by atoms with E-state index in [0.29, 0.717) is 23.8 Å². The number of carbonyl (C=O) groups excluding carboxylic acids is 1. The zero-order chi connectivity index (χ0) is 15.4. The average molecular weight is 338 g/mol. The Kier molecular flexibility index (Phi) is 4.08. The van der Waals surface area contributed by atoms with Crippen LogP contribution in [0.3, 0.4) is 0 Å². The number of nitrogens with zero attached hydrogens (tertiary/aromatic N) is 2. The Morgan fingerprint density at radius 2 is 2.04 bits per heavy atom. The minimum Gasteiger partial charge on any atom is -0.508 e. The van der Waals surface area contributed by atoms with E-state index in [-0.39, 0.29) is 24.5 Å². The number of benzene rings is 1. The van der Waals surface area contributed by atoms with Crippen LogP contribution in [-0.4, -0.2) is 48.3 Å². The van der Waals surface area contributed by atoms with Crippen LogP contribution in [0.1, 0.15) is 37.2 Å². The number of phenolic OH excluding ortho intramolecular Hbond substituents is 1. The Bertz CT molecular complexity index is 620. The fourth-order valence-electron chi connectivity index (χ4n) is 4.23. The molecule has 0 radical (unpaired) electrons. The Hall–Kier alpha value is -1.62. The molecule has 126 valence electrons. The van der Waals surface area contributed by atoms with Gasteiger partial charge in [-0.1, -0.05) is 0 Å². The summed E-state index contributed by atoms with van der Waals surface area (Å²) in [5, 5.41) is 13.0. The van der Waals surface area contributed by atoms with E-state index in [0.717, 1.165) is 25.7 Å². The summed E-state index contributed by atoms with van der Waals surface area (Å²) >= 11 is 0. The number of hydrogen-bond acceptors (Lipinski definition) is 3. The SMILES string of the molecule is CN(C(=O)NC1CCC2c3cc(O)ccc3N(C)C12)C1CC1.Cl. The molecule has 0 bridgehead atoms. The molecule has 2 amide bonds. The number of urea groups is 1. The van der Waals surface area contributed by atoms with Crippen LogP contribution in [-0.2, 0) is 0 Å². The Morgan fingerprint density at radius 3 is 2.74 bits per heavy atom. The molecule has 1 aromatic rings. The Balaban J connectivity index is 0.00000156. The number of likely N-dealkylation sites (N-methyl/N-ethyl adjacent to an activating group) is 1. The second-order valence-corrected chi connectivity index (χ2v) is 6.93. The predicted molar refractivity (Wildman–Crippen MR) is 92.6 cm³/mol. The molecule has 0 saturated heterocycles. The second kappa shape index (κ2) is 5.78. The lowest BCUT2D eigenvalue weighted by molar-refractivity contribution is 0.201. The number of anilines is 1. The third-order valence-electron chi connectivity index (χ3n) is 5.57. The van der Waals surface area contributed by atoms with Gasteiger partial charge in [-0.05, 0) is 49.4 Å². The quantitative estimate of drug-likeness (QED) is 0.872. The minimum atomic E-state index is 0. The molecular weight excluding hydrogens is 314 g/mol. The highest BCUT2D eigenvalue weighted by Gasteiger charge is 2.46. The summed E-state index contributed by atoms with van der Waals surface area (Å²) in [5.74, 6) is 0.734. The molecule has 2 saturated carbocycles. The maximum absolute atomic E-state index is 12.4. The molecule has 1 aromatic carbocycles. The topological polar surface area (TPSA) is 55.8 Å². The molecule has 0 spiro atoms. The second-order valence-electron chi connectivity index (χ2n) is 6.93. The number of halogens is 1. The van der Waals surface area contributed by atoms with Gasteiger partial charge in [-0.25, -0.2) is 4.79 Å². The summed E-state index contributed by atoms with van der Waals surface area (Å²) in [4.78, 5) is 16.5. The van der Waals surface area contributed by atoms with Crippen LogP contribution in [0.2, 0.25) is 0 Å². The van der Waals surface area contributed by atoms with Crippen LogP contribution in [0.15, 0.2) is 18.2 Å². The first kappa shape index (κ1) is 16.2. The van der Waals surface area contributed by atoms with Gasteiger partial charge in [0, 0.05) is 31.7 Å². The van der Waals surface area contributed by atoms with Gasteiger partial charge < -0.3 is 20.2 Å². The van der Waals surface area contributed by atoms with Gasteiger partial charge in [-0.2, -0.15) is 0 Å². The first-order chi connectivity index (χ1) is 10.6. The van der Waals surface area contributed by atoms with E-state index < -0.39 is 0 Å². The summed E-state index contributed by atoms with van der Waals surface area (Å²) in [7, 11) is 3.99. The molecule has 1 aliphatic heterocycles. The third-order valence-corrected chi connectivity index (χ3v) is 5.57. The summed E-state index contributed by atoms with van der Waals surface area (Å²) in [6, 6.07) is 6.58. The summed E-state index contributed by atoms with van der Waals surface area (Å²) < 4.78 is 0. The molecule has 3 unspecified atom stereocenters. The zero-order valence-electron chi connectivity index (χ0n) is 13.5. The van der Waals surface area contributed by atoms with Crippen LogP contribution in [0.4, 0.5) is 10.5 Å². The number of rotatable bonds is 2. The summed E-state index contributed by atoms with van der Waals surface area (Å²) in [6.07, 6.45) is 4.32.